The van der Waals surface area contributed by atoms with Crippen LogP contribution in [0.1, 0.15) is 277 Å². The van der Waals surface area contributed by atoms with Crippen LogP contribution in [0.3, 0.4) is 0 Å². The number of phosphoric acid groups is 1. The lowest BCUT2D eigenvalue weighted by Gasteiger charge is -2.30. The van der Waals surface area contributed by atoms with E-state index in [0.29, 0.717) is 23.9 Å². The van der Waals surface area contributed by atoms with Gasteiger partial charge in [-0.15, -0.1) is 0 Å². The highest BCUT2D eigenvalue weighted by Gasteiger charge is 2.24. The number of quaternary nitrogens is 1. The fourth-order valence-corrected chi connectivity index (χ4v) is 9.65. The van der Waals surface area contributed by atoms with E-state index in [1.165, 1.54) is 173 Å². The summed E-state index contributed by atoms with van der Waals surface area (Å²) < 4.78 is 23.5. The van der Waals surface area contributed by atoms with Crippen molar-refractivity contribution in [3.05, 3.63) is 72.9 Å². The number of carbonyl (C=O) groups is 1. The molecule has 426 valence electrons. The Kier molecular flexibility index (Phi) is 53.2. The van der Waals surface area contributed by atoms with Crippen LogP contribution in [0, 0.1) is 0 Å². The molecule has 0 spiro atoms. The van der Waals surface area contributed by atoms with Crippen molar-refractivity contribution in [2.24, 2.45) is 0 Å². The van der Waals surface area contributed by atoms with Crippen molar-refractivity contribution in [3.8, 4) is 0 Å². The summed E-state index contributed by atoms with van der Waals surface area (Å²) in [6.45, 7) is 4.63. The van der Waals surface area contributed by atoms with Gasteiger partial charge in [0, 0.05) is 6.42 Å². The van der Waals surface area contributed by atoms with E-state index in [1.54, 1.807) is 0 Å². The second-order valence-corrected chi connectivity index (χ2v) is 23.4. The Labute approximate surface area is 453 Å². The Morgan fingerprint density at radius 1 is 0.493 bits per heavy atom. The number of rotatable bonds is 56. The van der Waals surface area contributed by atoms with E-state index in [4.69, 9.17) is 9.05 Å². The number of likely N-dealkylation sites (N-methyl/N-ethyl adjacent to an activating group) is 1. The van der Waals surface area contributed by atoms with Crippen molar-refractivity contribution in [2.45, 2.75) is 289 Å². The molecular weight excluding hydrogens is 924 g/mol. The standard InChI is InChI=1S/C64H119N2O6P/c1-6-8-10-12-14-16-18-20-22-24-26-28-29-30-31-32-33-34-35-36-37-38-40-42-44-46-48-50-52-54-56-58-64(68)65-62(61-72-73(69,70)71-60-59-66(3,4)5)63(67)57-55-53-51-49-47-45-43-41-39-27-25-23-21-19-17-15-13-11-9-7-2/h8,10,14,16,20,22,26,28,30-31,33-34,62-63,67H,6-7,9,11-13,15,17-19,21,23-25,27,29,32,35-61H2,1-5H3,(H-,65,68,69,70)/b10-8-,16-14-,22-20-,28-26-,31-30-,34-33-. The summed E-state index contributed by atoms with van der Waals surface area (Å²) in [5, 5.41) is 14.1. The van der Waals surface area contributed by atoms with Gasteiger partial charge < -0.3 is 28.8 Å². The summed E-state index contributed by atoms with van der Waals surface area (Å²) in [6, 6.07) is -0.806. The molecule has 0 aliphatic rings. The predicted octanol–water partition coefficient (Wildman–Crippen LogP) is 18.4. The summed E-state index contributed by atoms with van der Waals surface area (Å²) in [6.07, 6.45) is 75.1. The lowest BCUT2D eigenvalue weighted by molar-refractivity contribution is -0.870. The molecule has 0 aliphatic carbocycles. The smallest absolute Gasteiger partial charge is 0.268 e. The third-order valence-electron chi connectivity index (χ3n) is 13.7. The second-order valence-electron chi connectivity index (χ2n) is 22.0. The number of allylic oxidation sites excluding steroid dienone is 12. The van der Waals surface area contributed by atoms with Crippen molar-refractivity contribution >= 4 is 13.7 Å². The van der Waals surface area contributed by atoms with E-state index in [1.807, 2.05) is 21.1 Å². The minimum atomic E-state index is -4.58. The third-order valence-corrected chi connectivity index (χ3v) is 14.7. The molecule has 0 aromatic carbocycles. The normalized spacial score (nSPS) is 14.3. The Morgan fingerprint density at radius 2 is 0.836 bits per heavy atom. The van der Waals surface area contributed by atoms with Crippen LogP contribution >= 0.6 is 7.82 Å². The number of nitrogens with one attached hydrogen (secondary N) is 1. The molecule has 0 bridgehead atoms. The monoisotopic (exact) mass is 1040 g/mol. The zero-order chi connectivity index (χ0) is 53.5. The van der Waals surface area contributed by atoms with E-state index in [2.05, 4.69) is 92.1 Å². The fourth-order valence-electron chi connectivity index (χ4n) is 8.93. The van der Waals surface area contributed by atoms with Crippen LogP contribution in [0.15, 0.2) is 72.9 Å². The lowest BCUT2D eigenvalue weighted by Crippen LogP contribution is -2.46. The SMILES string of the molecule is CC/C=C\C/C=C\C/C=C\C/C=C\C/C=C\C/C=C\CCCCCCCCCCCCCCC(=O)NC(COP(=O)([O-])OCC[N+](C)(C)C)C(O)CCCCCCCCCCCCCCCCCCCCCC. The number of aliphatic hydroxyl groups is 1. The van der Waals surface area contributed by atoms with Crippen molar-refractivity contribution in [2.75, 3.05) is 40.9 Å². The molecule has 0 aliphatic heterocycles. The molecule has 3 atom stereocenters. The van der Waals surface area contributed by atoms with Crippen LogP contribution in [0.25, 0.3) is 0 Å². The van der Waals surface area contributed by atoms with E-state index >= 15 is 0 Å². The van der Waals surface area contributed by atoms with E-state index in [9.17, 15) is 19.4 Å². The number of carbonyl (C=O) groups excluding carboxylic acids is 1. The molecule has 1 amide bonds. The number of amides is 1. The molecule has 0 saturated heterocycles. The van der Waals surface area contributed by atoms with Crippen LogP contribution in [-0.2, 0) is 18.4 Å². The largest absolute Gasteiger partial charge is 0.756 e. The Balaban J connectivity index is 4.12. The molecule has 9 heteroatoms. The molecule has 0 radical (unpaired) electrons. The van der Waals surface area contributed by atoms with Gasteiger partial charge in [0.2, 0.25) is 5.91 Å². The zero-order valence-corrected chi connectivity index (χ0v) is 49.5. The minimum Gasteiger partial charge on any atom is -0.756 e. The first-order valence-corrected chi connectivity index (χ1v) is 32.2. The Morgan fingerprint density at radius 3 is 1.22 bits per heavy atom. The summed E-state index contributed by atoms with van der Waals surface area (Å²) in [5.41, 5.74) is 0. The summed E-state index contributed by atoms with van der Waals surface area (Å²) in [4.78, 5) is 25.6. The van der Waals surface area contributed by atoms with Gasteiger partial charge in [-0.25, -0.2) is 0 Å². The molecule has 0 fully saturated rings. The Hall–Kier alpha value is -2.06. The molecule has 0 saturated carbocycles. The van der Waals surface area contributed by atoms with E-state index in [-0.39, 0.29) is 19.1 Å². The topological polar surface area (TPSA) is 108 Å². The third kappa shape index (κ3) is 57.5. The van der Waals surface area contributed by atoms with E-state index < -0.39 is 20.0 Å². The van der Waals surface area contributed by atoms with Gasteiger partial charge in [0.15, 0.2) is 0 Å². The van der Waals surface area contributed by atoms with Gasteiger partial charge in [-0.2, -0.15) is 0 Å². The molecule has 0 heterocycles. The molecule has 3 unspecified atom stereocenters. The van der Waals surface area contributed by atoms with Crippen LogP contribution in [0.2, 0.25) is 0 Å². The van der Waals surface area contributed by atoms with E-state index in [0.717, 1.165) is 77.0 Å². The van der Waals surface area contributed by atoms with Gasteiger partial charge in [-0.3, -0.25) is 9.36 Å². The average molecular weight is 1040 g/mol. The highest BCUT2D eigenvalue weighted by Crippen LogP contribution is 2.38. The van der Waals surface area contributed by atoms with Crippen LogP contribution in [0.5, 0.6) is 0 Å². The second kappa shape index (κ2) is 54.7. The van der Waals surface area contributed by atoms with Gasteiger partial charge in [0.05, 0.1) is 39.9 Å². The highest BCUT2D eigenvalue weighted by atomic mass is 31.2. The number of aliphatic hydroxyl groups excluding tert-OH is 1. The maximum Gasteiger partial charge on any atom is 0.268 e. The molecule has 0 aromatic rings. The van der Waals surface area contributed by atoms with Gasteiger partial charge >= 0.3 is 0 Å². The zero-order valence-electron chi connectivity index (χ0n) is 48.6. The van der Waals surface area contributed by atoms with Crippen molar-refractivity contribution in [1.29, 1.82) is 0 Å². The maximum atomic E-state index is 13.0. The summed E-state index contributed by atoms with van der Waals surface area (Å²) in [5.74, 6) is -0.166. The number of unbranched alkanes of at least 4 members (excludes halogenated alkanes) is 31. The maximum absolute atomic E-state index is 13.0. The first-order chi connectivity index (χ1) is 35.5. The first-order valence-electron chi connectivity index (χ1n) is 30.8. The van der Waals surface area contributed by atoms with Crippen LogP contribution in [-0.4, -0.2) is 68.5 Å². The van der Waals surface area contributed by atoms with Crippen molar-refractivity contribution in [1.82, 2.24) is 5.32 Å². The highest BCUT2D eigenvalue weighted by molar-refractivity contribution is 7.45. The molecule has 0 aromatic heterocycles. The molecule has 0 rings (SSSR count). The van der Waals surface area contributed by atoms with Gasteiger partial charge in [-0.1, -0.05) is 279 Å². The summed E-state index contributed by atoms with van der Waals surface area (Å²) in [7, 11) is 1.30. The van der Waals surface area contributed by atoms with Gasteiger partial charge in [0.1, 0.15) is 13.2 Å². The van der Waals surface area contributed by atoms with Gasteiger partial charge in [-0.05, 0) is 64.2 Å². The minimum absolute atomic E-state index is 0.0100. The number of nitrogens with zero attached hydrogens (tertiary/aromatic N) is 1. The number of hydrogen-bond donors (Lipinski definition) is 2. The predicted molar refractivity (Wildman–Crippen MR) is 316 cm³/mol. The van der Waals surface area contributed by atoms with Crippen LogP contribution in [0.4, 0.5) is 0 Å². The van der Waals surface area contributed by atoms with Crippen molar-refractivity contribution < 1.29 is 32.9 Å². The number of phosphoric ester groups is 1. The average Bonchev–Trinajstić information content (AvgIpc) is 3.35. The molecule has 8 nitrogen and oxygen atoms in total. The van der Waals surface area contributed by atoms with Crippen molar-refractivity contribution in [3.63, 3.8) is 0 Å². The molecule has 73 heavy (non-hydrogen) atoms. The molecular formula is C64H119N2O6P. The summed E-state index contributed by atoms with van der Waals surface area (Å²) >= 11 is 0. The number of hydrogen-bond acceptors (Lipinski definition) is 6. The van der Waals surface area contributed by atoms with Crippen LogP contribution < -0.4 is 10.2 Å². The quantitative estimate of drug-likeness (QED) is 0.0272. The molecule has 2 N–H and O–H groups in total. The lowest BCUT2D eigenvalue weighted by atomic mass is 10.0. The Bertz CT molecular complexity index is 1420. The van der Waals surface area contributed by atoms with Gasteiger partial charge in [0.25, 0.3) is 7.82 Å². The fraction of sp³-hybridized carbons (Fsp3) is 0.797. The first kappa shape index (κ1) is 70.9.